The van der Waals surface area contributed by atoms with E-state index >= 15 is 0 Å². The standard InChI is InChI=1S/C9H20N4O/c1-11-12-9(14)8(10)5-7-3-4-13(2)6-7/h7-8,11H,3-6,10H2,1-2H3,(H,12,14). The topological polar surface area (TPSA) is 70.4 Å². The molecule has 14 heavy (non-hydrogen) atoms. The lowest BCUT2D eigenvalue weighted by molar-refractivity contribution is -0.123. The third-order valence-electron chi connectivity index (χ3n) is 2.66. The molecule has 0 bridgehead atoms. The summed E-state index contributed by atoms with van der Waals surface area (Å²) in [6, 6.07) is -0.390. The van der Waals surface area contributed by atoms with Crippen LogP contribution >= 0.6 is 0 Å². The van der Waals surface area contributed by atoms with Crippen molar-refractivity contribution in [3.8, 4) is 0 Å². The van der Waals surface area contributed by atoms with E-state index < -0.39 is 0 Å². The number of carbonyl (C=O) groups is 1. The number of nitrogens with zero attached hydrogens (tertiary/aromatic N) is 1. The van der Waals surface area contributed by atoms with Crippen molar-refractivity contribution in [2.45, 2.75) is 18.9 Å². The first-order valence-corrected chi connectivity index (χ1v) is 5.04. The molecule has 1 fully saturated rings. The summed E-state index contributed by atoms with van der Waals surface area (Å²) in [5.41, 5.74) is 10.9. The molecule has 1 saturated heterocycles. The number of rotatable bonds is 4. The highest BCUT2D eigenvalue weighted by atomic mass is 16.2. The molecule has 1 heterocycles. The lowest BCUT2D eigenvalue weighted by Crippen LogP contribution is -2.46. The predicted octanol–water partition coefficient (Wildman–Crippen LogP) is -1.09. The summed E-state index contributed by atoms with van der Waals surface area (Å²) in [5, 5.41) is 0. The Hall–Kier alpha value is -0.650. The minimum absolute atomic E-state index is 0.123. The highest BCUT2D eigenvalue weighted by molar-refractivity contribution is 5.80. The zero-order valence-corrected chi connectivity index (χ0v) is 8.92. The van der Waals surface area contributed by atoms with Gasteiger partial charge in [-0.05, 0) is 32.4 Å². The van der Waals surface area contributed by atoms with Crippen LogP contribution in [0.15, 0.2) is 0 Å². The molecule has 5 nitrogen and oxygen atoms in total. The highest BCUT2D eigenvalue weighted by Crippen LogP contribution is 2.18. The third kappa shape index (κ3) is 3.25. The number of hydrogen-bond donors (Lipinski definition) is 3. The van der Waals surface area contributed by atoms with Gasteiger partial charge in [0.2, 0.25) is 0 Å². The van der Waals surface area contributed by atoms with Crippen molar-refractivity contribution in [1.82, 2.24) is 15.8 Å². The molecule has 0 saturated carbocycles. The molecule has 1 aliphatic heterocycles. The average Bonchev–Trinajstić information content (AvgIpc) is 2.51. The maximum Gasteiger partial charge on any atom is 0.250 e. The SMILES string of the molecule is CNNC(=O)C(N)CC1CCN(C)C1. The molecule has 4 N–H and O–H groups in total. The number of amides is 1. The van der Waals surface area contributed by atoms with E-state index in [9.17, 15) is 4.79 Å². The zero-order chi connectivity index (χ0) is 10.6. The van der Waals surface area contributed by atoms with Gasteiger partial charge in [-0.25, -0.2) is 5.43 Å². The molecule has 2 unspecified atom stereocenters. The predicted molar refractivity (Wildman–Crippen MR) is 55.4 cm³/mol. The molecule has 0 spiro atoms. The second-order valence-corrected chi connectivity index (χ2v) is 4.00. The van der Waals surface area contributed by atoms with Crippen LogP contribution in [0, 0.1) is 5.92 Å². The number of hydrogen-bond acceptors (Lipinski definition) is 4. The molecular weight excluding hydrogens is 180 g/mol. The second kappa shape index (κ2) is 5.29. The average molecular weight is 200 g/mol. The smallest absolute Gasteiger partial charge is 0.250 e. The lowest BCUT2D eigenvalue weighted by atomic mass is 9.99. The monoisotopic (exact) mass is 200 g/mol. The van der Waals surface area contributed by atoms with Crippen LogP contribution in [-0.2, 0) is 4.79 Å². The number of nitrogens with two attached hydrogens (primary N) is 1. The fourth-order valence-electron chi connectivity index (χ4n) is 1.90. The van der Waals surface area contributed by atoms with Crippen molar-refractivity contribution < 1.29 is 4.79 Å². The fourth-order valence-corrected chi connectivity index (χ4v) is 1.90. The molecule has 0 radical (unpaired) electrons. The second-order valence-electron chi connectivity index (χ2n) is 4.00. The first-order valence-electron chi connectivity index (χ1n) is 5.04. The quantitative estimate of drug-likeness (QED) is 0.504. The maximum atomic E-state index is 11.3. The van der Waals surface area contributed by atoms with Crippen LogP contribution in [0.1, 0.15) is 12.8 Å². The van der Waals surface area contributed by atoms with Crippen LogP contribution in [0.2, 0.25) is 0 Å². The normalized spacial score (nSPS) is 24.9. The molecule has 0 aliphatic carbocycles. The summed E-state index contributed by atoms with van der Waals surface area (Å²) in [6.07, 6.45) is 1.93. The Labute approximate surface area is 85.0 Å². The van der Waals surface area contributed by atoms with Gasteiger partial charge in [0.1, 0.15) is 0 Å². The molecule has 0 aromatic heterocycles. The molecule has 82 valence electrons. The maximum absolute atomic E-state index is 11.3. The lowest BCUT2D eigenvalue weighted by Gasteiger charge is -2.15. The Bertz CT molecular complexity index is 197. The molecular formula is C9H20N4O. The molecule has 0 aromatic carbocycles. The number of likely N-dealkylation sites (tertiary alicyclic amines) is 1. The summed E-state index contributed by atoms with van der Waals surface area (Å²) >= 11 is 0. The van der Waals surface area contributed by atoms with Crippen LogP contribution in [-0.4, -0.2) is 44.0 Å². The van der Waals surface area contributed by atoms with E-state index in [1.807, 2.05) is 0 Å². The van der Waals surface area contributed by atoms with E-state index in [4.69, 9.17) is 5.73 Å². The van der Waals surface area contributed by atoms with E-state index in [0.717, 1.165) is 25.9 Å². The van der Waals surface area contributed by atoms with E-state index in [0.29, 0.717) is 5.92 Å². The first kappa shape index (κ1) is 11.4. The number of nitrogens with one attached hydrogen (secondary N) is 2. The Morgan fingerprint density at radius 1 is 1.71 bits per heavy atom. The summed E-state index contributed by atoms with van der Waals surface area (Å²) in [4.78, 5) is 13.6. The van der Waals surface area contributed by atoms with Gasteiger partial charge in [-0.3, -0.25) is 10.2 Å². The highest BCUT2D eigenvalue weighted by Gasteiger charge is 2.24. The van der Waals surface area contributed by atoms with Gasteiger partial charge in [0.15, 0.2) is 0 Å². The summed E-state index contributed by atoms with van der Waals surface area (Å²) in [5.74, 6) is 0.444. The summed E-state index contributed by atoms with van der Waals surface area (Å²) in [6.45, 7) is 2.17. The van der Waals surface area contributed by atoms with Crippen LogP contribution in [0.4, 0.5) is 0 Å². The first-order chi connectivity index (χ1) is 6.63. The van der Waals surface area contributed by atoms with Gasteiger partial charge < -0.3 is 10.6 Å². The number of carbonyl (C=O) groups excluding carboxylic acids is 1. The van der Waals surface area contributed by atoms with Crippen molar-refractivity contribution in [2.75, 3.05) is 27.2 Å². The van der Waals surface area contributed by atoms with Gasteiger partial charge in [0, 0.05) is 13.6 Å². The van der Waals surface area contributed by atoms with Crippen LogP contribution in [0.3, 0.4) is 0 Å². The van der Waals surface area contributed by atoms with Crippen LogP contribution < -0.4 is 16.6 Å². The van der Waals surface area contributed by atoms with Crippen LogP contribution in [0.5, 0.6) is 0 Å². The van der Waals surface area contributed by atoms with E-state index in [-0.39, 0.29) is 11.9 Å². The van der Waals surface area contributed by atoms with Gasteiger partial charge in [-0.1, -0.05) is 0 Å². The minimum atomic E-state index is -0.390. The van der Waals surface area contributed by atoms with Crippen molar-refractivity contribution in [2.24, 2.45) is 11.7 Å². The van der Waals surface area contributed by atoms with Gasteiger partial charge >= 0.3 is 0 Å². The summed E-state index contributed by atoms with van der Waals surface area (Å²) < 4.78 is 0. The third-order valence-corrected chi connectivity index (χ3v) is 2.66. The van der Waals surface area contributed by atoms with Crippen molar-refractivity contribution in [3.63, 3.8) is 0 Å². The molecule has 1 amide bonds. The Morgan fingerprint density at radius 2 is 2.43 bits per heavy atom. The van der Waals surface area contributed by atoms with Gasteiger partial charge in [-0.2, -0.15) is 0 Å². The van der Waals surface area contributed by atoms with Gasteiger partial charge in [0.05, 0.1) is 6.04 Å². The van der Waals surface area contributed by atoms with Crippen molar-refractivity contribution in [3.05, 3.63) is 0 Å². The Kier molecular flexibility index (Phi) is 4.31. The van der Waals surface area contributed by atoms with Crippen LogP contribution in [0.25, 0.3) is 0 Å². The molecule has 5 heteroatoms. The molecule has 0 aromatic rings. The zero-order valence-electron chi connectivity index (χ0n) is 8.92. The van der Waals surface area contributed by atoms with E-state index in [2.05, 4.69) is 22.8 Å². The van der Waals surface area contributed by atoms with Gasteiger partial charge in [0.25, 0.3) is 5.91 Å². The Morgan fingerprint density at radius 3 is 2.93 bits per heavy atom. The van der Waals surface area contributed by atoms with E-state index in [1.54, 1.807) is 7.05 Å². The molecule has 2 atom stereocenters. The van der Waals surface area contributed by atoms with Crippen molar-refractivity contribution in [1.29, 1.82) is 0 Å². The molecule has 1 rings (SSSR count). The molecule has 1 aliphatic rings. The largest absolute Gasteiger partial charge is 0.320 e. The van der Waals surface area contributed by atoms with Gasteiger partial charge in [-0.15, -0.1) is 0 Å². The van der Waals surface area contributed by atoms with Crippen molar-refractivity contribution >= 4 is 5.91 Å². The number of hydrazine groups is 1. The minimum Gasteiger partial charge on any atom is -0.320 e. The fraction of sp³-hybridized carbons (Fsp3) is 0.889. The summed E-state index contributed by atoms with van der Waals surface area (Å²) in [7, 11) is 3.76. The van der Waals surface area contributed by atoms with E-state index in [1.165, 1.54) is 0 Å². The Balaban J connectivity index is 2.26.